The van der Waals surface area contributed by atoms with Crippen molar-refractivity contribution in [2.75, 3.05) is 12.3 Å². The second-order valence-electron chi connectivity index (χ2n) is 10.3. The van der Waals surface area contributed by atoms with E-state index in [0.29, 0.717) is 0 Å². The van der Waals surface area contributed by atoms with Crippen LogP contribution in [0.5, 0.6) is 11.6 Å². The van der Waals surface area contributed by atoms with Crippen molar-refractivity contribution in [3.8, 4) is 11.6 Å². The van der Waals surface area contributed by atoms with Gasteiger partial charge in [-0.25, -0.2) is 18.3 Å². The quantitative estimate of drug-likeness (QED) is 0.212. The first-order chi connectivity index (χ1) is 19.7. The first-order valence-corrected chi connectivity index (χ1v) is 14.6. The highest BCUT2D eigenvalue weighted by molar-refractivity contribution is 7.52. The number of anilines is 1. The first-order valence-electron chi connectivity index (χ1n) is 13.1. The summed E-state index contributed by atoms with van der Waals surface area (Å²) in [6.07, 6.45) is -3.31. The van der Waals surface area contributed by atoms with Gasteiger partial charge in [0.15, 0.2) is 23.5 Å². The lowest BCUT2D eigenvalue weighted by atomic mass is 9.96. The number of alkyl halides is 2. The highest BCUT2D eigenvalue weighted by Crippen LogP contribution is 2.74. The third-order valence-corrected chi connectivity index (χ3v) is 8.47. The van der Waals surface area contributed by atoms with Gasteiger partial charge >= 0.3 is 13.7 Å². The lowest BCUT2D eigenvalue weighted by Gasteiger charge is -2.32. The number of aromatic nitrogens is 4. The second kappa shape index (κ2) is 10.4. The minimum atomic E-state index is -4.72. The molecule has 0 amide bonds. The van der Waals surface area contributed by atoms with Gasteiger partial charge in [0.2, 0.25) is 17.5 Å². The lowest BCUT2D eigenvalue weighted by molar-refractivity contribution is -0.174. The van der Waals surface area contributed by atoms with E-state index in [4.69, 9.17) is 29.0 Å². The van der Waals surface area contributed by atoms with Crippen molar-refractivity contribution in [1.82, 2.24) is 24.6 Å². The van der Waals surface area contributed by atoms with Gasteiger partial charge in [-0.15, -0.1) is 0 Å². The Morgan fingerprint density at radius 2 is 1.95 bits per heavy atom. The minimum absolute atomic E-state index is 0.0144. The monoisotopic (exact) mass is 612 g/mol. The Kier molecular flexibility index (Phi) is 7.43. The van der Waals surface area contributed by atoms with Crippen molar-refractivity contribution in [1.29, 1.82) is 0 Å². The number of carbonyl (C=O) groups excluding carboxylic acids is 1. The van der Waals surface area contributed by atoms with E-state index in [1.807, 2.05) is 0 Å². The number of nitrogens with one attached hydrogen (secondary N) is 1. The zero-order chi connectivity index (χ0) is 30.7. The van der Waals surface area contributed by atoms with E-state index in [2.05, 4.69) is 20.0 Å². The molecule has 2 aliphatic rings. The molecule has 17 heteroatoms. The number of halogens is 2. The summed E-state index contributed by atoms with van der Waals surface area (Å²) < 4.78 is 74.5. The van der Waals surface area contributed by atoms with E-state index < -0.39 is 55.3 Å². The Labute approximate surface area is 239 Å². The summed E-state index contributed by atoms with van der Waals surface area (Å²) in [4.78, 5) is 24.6. The minimum Gasteiger partial charge on any atom is -0.476 e. The number of para-hydroxylation sites is 1. The Balaban J connectivity index is 1.44. The van der Waals surface area contributed by atoms with Gasteiger partial charge in [-0.3, -0.25) is 13.9 Å². The maximum Gasteiger partial charge on any atom is 0.460 e. The van der Waals surface area contributed by atoms with E-state index in [1.165, 1.54) is 19.1 Å². The van der Waals surface area contributed by atoms with Gasteiger partial charge in [-0.1, -0.05) is 18.2 Å². The molecule has 228 valence electrons. The summed E-state index contributed by atoms with van der Waals surface area (Å²) in [5.41, 5.74) is 0.00101. The highest BCUT2D eigenvalue weighted by atomic mass is 31.2. The fourth-order valence-electron chi connectivity index (χ4n) is 4.81. The maximum absolute atomic E-state index is 16.5. The molecule has 42 heavy (non-hydrogen) atoms. The zero-order valence-electron chi connectivity index (χ0n) is 23.4. The van der Waals surface area contributed by atoms with Gasteiger partial charge in [0, 0.05) is 0 Å². The van der Waals surface area contributed by atoms with Crippen molar-refractivity contribution < 1.29 is 46.5 Å². The van der Waals surface area contributed by atoms with Gasteiger partial charge in [0.05, 0.1) is 19.0 Å². The largest absolute Gasteiger partial charge is 0.476 e. The average molecular weight is 613 g/mol. The molecule has 2 fully saturated rings. The number of carbonyl (C=O) groups is 1. The van der Waals surface area contributed by atoms with Gasteiger partial charge in [-0.05, 0) is 46.8 Å². The van der Waals surface area contributed by atoms with E-state index in [0.717, 1.165) is 17.8 Å². The molecule has 1 aliphatic heterocycles. The molecule has 5 rings (SSSR count). The molecule has 0 radical (unpaired) electrons. The number of nitrogens with two attached hydrogens (primary N) is 1. The van der Waals surface area contributed by atoms with Crippen molar-refractivity contribution in [2.45, 2.75) is 76.2 Å². The molecule has 3 heterocycles. The number of benzene rings is 1. The first kappa shape index (κ1) is 30.0. The Bertz CT molecular complexity index is 1540. The molecule has 2 aromatic heterocycles. The van der Waals surface area contributed by atoms with Crippen molar-refractivity contribution in [3.63, 3.8) is 0 Å². The van der Waals surface area contributed by atoms with Crippen LogP contribution in [0.1, 0.15) is 40.8 Å². The van der Waals surface area contributed by atoms with Crippen LogP contribution in [0.4, 0.5) is 14.7 Å². The van der Waals surface area contributed by atoms with Gasteiger partial charge in [0.25, 0.3) is 5.85 Å². The van der Waals surface area contributed by atoms with Crippen LogP contribution in [0.2, 0.25) is 0 Å². The molecule has 1 aliphatic carbocycles. The molecule has 0 bridgehead atoms. The predicted molar refractivity (Wildman–Crippen MR) is 143 cm³/mol. The van der Waals surface area contributed by atoms with Gasteiger partial charge in [0.1, 0.15) is 17.4 Å². The summed E-state index contributed by atoms with van der Waals surface area (Å²) in [7, 11) is -4.72. The summed E-state index contributed by atoms with van der Waals surface area (Å²) in [6, 6.07) is 6.37. The number of nitrogens with zero attached hydrogens (tertiary/aromatic N) is 4. The van der Waals surface area contributed by atoms with Crippen LogP contribution in [0.15, 0.2) is 36.7 Å². The fraction of sp³-hybridized carbons (Fsp3) is 0.520. The Morgan fingerprint density at radius 1 is 1.26 bits per heavy atom. The maximum atomic E-state index is 16.5. The van der Waals surface area contributed by atoms with Crippen LogP contribution in [0.25, 0.3) is 11.2 Å². The summed E-state index contributed by atoms with van der Waals surface area (Å²) in [5, 5.41) is 13.8. The van der Waals surface area contributed by atoms with Gasteiger partial charge in [-0.2, -0.15) is 15.1 Å². The van der Waals surface area contributed by atoms with Crippen LogP contribution >= 0.6 is 7.75 Å². The number of rotatable bonds is 11. The standard InChI is InChI=1S/C25H31F2N6O8P/c1-6-37-18-16-17(30-22(28)31-18)33(12-29-16)21-23(5,35)24(26)20(25(24,27)39-21)41-42(36,40-15-10-8-7-9-11-15)32-14(4)19(34)38-13(2)3/h7-14,20-21,35H,6H2,1-5H3,(H,32,36)(H2,28,30,31)/t14?,20?,21-,23+,24-,25-,42?/m1/s1. The molecule has 0 spiro atoms. The van der Waals surface area contributed by atoms with Crippen LogP contribution in [-0.2, 0) is 23.4 Å². The number of hydrogen-bond donors (Lipinski definition) is 3. The molecular formula is C25H31F2N6O8P. The van der Waals surface area contributed by atoms with Crippen molar-refractivity contribution in [2.24, 2.45) is 0 Å². The molecule has 3 unspecified atom stereocenters. The predicted octanol–water partition coefficient (Wildman–Crippen LogP) is 2.98. The van der Waals surface area contributed by atoms with Crippen LogP contribution in [0.3, 0.4) is 0 Å². The third kappa shape index (κ3) is 4.76. The van der Waals surface area contributed by atoms with E-state index >= 15 is 8.78 Å². The topological polar surface area (TPSA) is 182 Å². The highest BCUT2D eigenvalue weighted by Gasteiger charge is 2.97. The van der Waals surface area contributed by atoms with E-state index in [-0.39, 0.29) is 35.3 Å². The Morgan fingerprint density at radius 3 is 2.55 bits per heavy atom. The fourth-order valence-corrected chi connectivity index (χ4v) is 6.51. The number of hydrogen-bond acceptors (Lipinski definition) is 12. The molecule has 3 aromatic rings. The van der Waals surface area contributed by atoms with Crippen LogP contribution in [0, 0.1) is 0 Å². The van der Waals surface area contributed by atoms with Crippen LogP contribution in [-0.4, -0.2) is 72.6 Å². The van der Waals surface area contributed by atoms with Crippen LogP contribution < -0.4 is 20.1 Å². The molecule has 4 N–H and O–H groups in total. The average Bonchev–Trinajstić information content (AvgIpc) is 3.15. The second-order valence-corrected chi connectivity index (χ2v) is 12.0. The summed E-state index contributed by atoms with van der Waals surface area (Å²) in [6.45, 7) is 7.47. The summed E-state index contributed by atoms with van der Waals surface area (Å²) in [5.74, 6) is -4.27. The number of aliphatic hydroxyl groups is 1. The van der Waals surface area contributed by atoms with E-state index in [9.17, 15) is 14.5 Å². The number of fused-ring (bicyclic) bond motifs is 2. The number of imidazole rings is 1. The summed E-state index contributed by atoms with van der Waals surface area (Å²) >= 11 is 0. The molecule has 1 saturated carbocycles. The SMILES string of the molecule is CCOc1nc(N)nc2c1ncn2[C@@H]1O[C@]2(F)C(OP(=O)(NC(C)C(=O)OC(C)C)Oc3ccccc3)[C@@]2(F)[C@@]1(C)O. The molecule has 7 atom stereocenters. The van der Waals surface area contributed by atoms with E-state index in [1.54, 1.807) is 39.0 Å². The zero-order valence-corrected chi connectivity index (χ0v) is 24.2. The third-order valence-electron chi connectivity index (χ3n) is 6.82. The van der Waals surface area contributed by atoms with Gasteiger partial charge < -0.3 is 29.6 Å². The molecular weight excluding hydrogens is 581 g/mol. The molecule has 1 saturated heterocycles. The molecule has 1 aromatic carbocycles. The normalized spacial score (nSPS) is 30.5. The smallest absolute Gasteiger partial charge is 0.460 e. The lowest BCUT2D eigenvalue weighted by Crippen LogP contribution is -2.46. The van der Waals surface area contributed by atoms with Crippen molar-refractivity contribution in [3.05, 3.63) is 36.7 Å². The number of esters is 1. The number of ether oxygens (including phenoxy) is 3. The van der Waals surface area contributed by atoms with Crippen molar-refractivity contribution >= 4 is 30.8 Å². The Hall–Kier alpha value is -3.43. The molecule has 14 nitrogen and oxygen atoms in total. The number of nitrogen functional groups attached to an aromatic ring is 1.